The molecule has 0 amide bonds. The Labute approximate surface area is 195 Å². The average Bonchev–Trinajstić information content (AvgIpc) is 3.48. The summed E-state index contributed by atoms with van der Waals surface area (Å²) in [5, 5.41) is 8.97. The summed E-state index contributed by atoms with van der Waals surface area (Å²) in [6.07, 6.45) is 4.36. The van der Waals surface area contributed by atoms with Crippen molar-refractivity contribution in [3.8, 4) is 0 Å². The van der Waals surface area contributed by atoms with E-state index in [-0.39, 0.29) is 30.1 Å². The molecule has 0 spiro atoms. The minimum atomic E-state index is -4.17. The summed E-state index contributed by atoms with van der Waals surface area (Å²) in [4.78, 5) is 26.6. The smallest absolute Gasteiger partial charge is 0.350 e. The number of aromatic nitrogens is 4. The predicted molar refractivity (Wildman–Crippen MR) is 122 cm³/mol. The second-order valence-corrected chi connectivity index (χ2v) is 10.4. The van der Waals surface area contributed by atoms with Crippen molar-refractivity contribution in [1.82, 2.24) is 19.7 Å². The first-order valence-corrected chi connectivity index (χ1v) is 13.0. The van der Waals surface area contributed by atoms with Crippen LogP contribution in [0, 0.1) is 0 Å². The molecule has 12 heteroatoms. The zero-order valence-corrected chi connectivity index (χ0v) is 19.5. The molecule has 1 fully saturated rings. The number of benzene rings is 1. The minimum Gasteiger partial charge on any atom is -0.371 e. The van der Waals surface area contributed by atoms with Crippen molar-refractivity contribution < 1.29 is 23.8 Å². The monoisotopic (exact) mass is 493 g/mol. The largest absolute Gasteiger partial charge is 0.371 e. The number of fused-ring (bicyclic) bond motifs is 2. The van der Waals surface area contributed by atoms with Gasteiger partial charge in [-0.25, -0.2) is 4.68 Å². The molecule has 5 rings (SSSR count). The number of ether oxygens (including phenoxy) is 2. The van der Waals surface area contributed by atoms with Crippen LogP contribution in [0.1, 0.15) is 36.4 Å². The van der Waals surface area contributed by atoms with Crippen LogP contribution < -0.4 is 5.32 Å². The first-order valence-electron chi connectivity index (χ1n) is 10.9. The highest BCUT2D eigenvalue weighted by molar-refractivity contribution is 7.51. The van der Waals surface area contributed by atoms with Gasteiger partial charge >= 0.3 is 7.60 Å². The first-order chi connectivity index (χ1) is 15.9. The van der Waals surface area contributed by atoms with E-state index in [4.69, 9.17) is 30.9 Å². The molecule has 0 radical (unpaired) electrons. The van der Waals surface area contributed by atoms with E-state index in [1.54, 1.807) is 10.9 Å². The third kappa shape index (κ3) is 5.21. The fourth-order valence-electron chi connectivity index (χ4n) is 4.58. The summed E-state index contributed by atoms with van der Waals surface area (Å²) in [6.45, 7) is 0.629. The number of aryl methyl sites for hydroxylation is 1. The van der Waals surface area contributed by atoms with Crippen molar-refractivity contribution in [3.05, 3.63) is 46.9 Å². The number of hydrogen-bond donors (Lipinski definition) is 3. The van der Waals surface area contributed by atoms with E-state index in [0.29, 0.717) is 18.0 Å². The molecule has 3 N–H and O–H groups in total. The van der Waals surface area contributed by atoms with E-state index in [9.17, 15) is 4.57 Å². The Kier molecular flexibility index (Phi) is 6.39. The van der Waals surface area contributed by atoms with Gasteiger partial charge in [-0.05, 0) is 48.4 Å². The number of nitrogens with zero attached hydrogens (tertiary/aromatic N) is 4. The third-order valence-electron chi connectivity index (χ3n) is 6.05. The van der Waals surface area contributed by atoms with Gasteiger partial charge in [0.15, 0.2) is 5.65 Å². The van der Waals surface area contributed by atoms with Crippen molar-refractivity contribution in [2.75, 3.05) is 18.3 Å². The van der Waals surface area contributed by atoms with E-state index in [1.807, 2.05) is 6.07 Å². The van der Waals surface area contributed by atoms with Crippen molar-refractivity contribution >= 4 is 36.0 Å². The molecule has 2 aliphatic rings. The van der Waals surface area contributed by atoms with Gasteiger partial charge in [0.2, 0.25) is 5.28 Å². The van der Waals surface area contributed by atoms with Crippen LogP contribution in [0.2, 0.25) is 5.28 Å². The Balaban J connectivity index is 1.27. The van der Waals surface area contributed by atoms with Gasteiger partial charge in [-0.2, -0.15) is 15.1 Å². The molecule has 33 heavy (non-hydrogen) atoms. The van der Waals surface area contributed by atoms with Crippen molar-refractivity contribution in [2.45, 2.75) is 50.5 Å². The van der Waals surface area contributed by atoms with Crippen LogP contribution in [0.3, 0.4) is 0 Å². The summed E-state index contributed by atoms with van der Waals surface area (Å²) < 4.78 is 23.8. The maximum atomic E-state index is 10.9. The molecule has 1 aliphatic heterocycles. The highest BCUT2D eigenvalue weighted by atomic mass is 35.5. The highest BCUT2D eigenvalue weighted by Gasteiger charge is 2.28. The maximum Gasteiger partial charge on any atom is 0.350 e. The minimum absolute atomic E-state index is 0.108. The Bertz CT molecular complexity index is 1200. The van der Waals surface area contributed by atoms with E-state index in [1.165, 1.54) is 11.1 Å². The van der Waals surface area contributed by atoms with Gasteiger partial charge in [0.05, 0.1) is 43.0 Å². The highest BCUT2D eigenvalue weighted by Crippen LogP contribution is 2.36. The number of hydrogen-bond acceptors (Lipinski definition) is 7. The van der Waals surface area contributed by atoms with Crippen LogP contribution in [-0.2, 0) is 27.0 Å². The lowest BCUT2D eigenvalue weighted by Gasteiger charge is -2.16. The second kappa shape index (κ2) is 9.29. The topological polar surface area (TPSA) is 132 Å². The average molecular weight is 494 g/mol. The maximum absolute atomic E-state index is 10.9. The lowest BCUT2D eigenvalue weighted by atomic mass is 10.1. The molecular formula is C21H25ClN5O5P. The third-order valence-corrected chi connectivity index (χ3v) is 6.74. The van der Waals surface area contributed by atoms with Crippen LogP contribution >= 0.6 is 19.2 Å². The number of nitrogens with one attached hydrogen (secondary N) is 1. The summed E-state index contributed by atoms with van der Waals surface area (Å²) in [5.74, 6) is 0.661. The first kappa shape index (κ1) is 22.7. The van der Waals surface area contributed by atoms with Gasteiger partial charge in [-0.1, -0.05) is 24.3 Å². The van der Waals surface area contributed by atoms with Gasteiger partial charge in [-0.15, -0.1) is 0 Å². The SMILES string of the molecule is O=P(O)(O)COC[C@@H]1CC[C@@H](Cn2ncc3c(N[C@@H]4CCc5ccccc54)nc(Cl)nc32)O1. The molecular weight excluding hydrogens is 469 g/mol. The summed E-state index contributed by atoms with van der Waals surface area (Å²) in [7, 11) is -4.17. The van der Waals surface area contributed by atoms with E-state index in [2.05, 4.69) is 38.6 Å². The van der Waals surface area contributed by atoms with Gasteiger partial charge < -0.3 is 24.6 Å². The molecule has 3 aromatic rings. The lowest BCUT2D eigenvalue weighted by Crippen LogP contribution is -2.21. The van der Waals surface area contributed by atoms with Crippen LogP contribution in [0.25, 0.3) is 11.0 Å². The van der Waals surface area contributed by atoms with Crippen molar-refractivity contribution in [2.24, 2.45) is 0 Å². The quantitative estimate of drug-likeness (QED) is 0.319. The van der Waals surface area contributed by atoms with Crippen LogP contribution in [-0.4, -0.2) is 54.7 Å². The molecule has 0 bridgehead atoms. The zero-order valence-electron chi connectivity index (χ0n) is 17.8. The Morgan fingerprint density at radius 2 is 2.03 bits per heavy atom. The summed E-state index contributed by atoms with van der Waals surface area (Å²) in [6, 6.07) is 8.56. The molecule has 0 saturated carbocycles. The molecule has 1 saturated heterocycles. The van der Waals surface area contributed by atoms with Gasteiger partial charge in [0, 0.05) is 0 Å². The van der Waals surface area contributed by atoms with Crippen molar-refractivity contribution in [3.63, 3.8) is 0 Å². The Morgan fingerprint density at radius 3 is 2.88 bits per heavy atom. The molecule has 10 nitrogen and oxygen atoms in total. The lowest BCUT2D eigenvalue weighted by molar-refractivity contribution is -0.0136. The van der Waals surface area contributed by atoms with E-state index >= 15 is 0 Å². The zero-order chi connectivity index (χ0) is 23.0. The molecule has 1 aromatic carbocycles. The molecule has 0 unspecified atom stereocenters. The fraction of sp³-hybridized carbons (Fsp3) is 0.476. The molecule has 1 aliphatic carbocycles. The summed E-state index contributed by atoms with van der Waals surface area (Å²) >= 11 is 6.26. The van der Waals surface area contributed by atoms with E-state index in [0.717, 1.165) is 31.1 Å². The van der Waals surface area contributed by atoms with E-state index < -0.39 is 13.9 Å². The Hall–Kier alpha value is -2.07. The molecule has 3 atom stereocenters. The second-order valence-electron chi connectivity index (χ2n) is 8.46. The van der Waals surface area contributed by atoms with Crippen LogP contribution in [0.5, 0.6) is 0 Å². The summed E-state index contributed by atoms with van der Waals surface area (Å²) in [5.41, 5.74) is 3.26. The fourth-order valence-corrected chi connectivity index (χ4v) is 5.09. The molecule has 3 heterocycles. The number of anilines is 1. The number of halogens is 1. The Morgan fingerprint density at radius 1 is 1.21 bits per heavy atom. The van der Waals surface area contributed by atoms with Crippen molar-refractivity contribution in [1.29, 1.82) is 0 Å². The van der Waals surface area contributed by atoms with Gasteiger partial charge in [-0.3, -0.25) is 4.57 Å². The van der Waals surface area contributed by atoms with Gasteiger partial charge in [0.1, 0.15) is 12.2 Å². The molecule has 2 aromatic heterocycles. The molecule has 176 valence electrons. The van der Waals surface area contributed by atoms with Gasteiger partial charge in [0.25, 0.3) is 0 Å². The normalized spacial score (nSPS) is 22.7. The number of rotatable bonds is 8. The standard InChI is InChI=1S/C21H25ClN5O5P/c22-21-25-19(24-18-8-5-13-3-1-2-4-16(13)18)17-9-23-27(20(17)26-21)10-14-6-7-15(32-14)11-31-12-33(28,29)30/h1-4,9,14-15,18H,5-8,10-12H2,(H,24,25,26)(H2,28,29,30)/t14-,15-,18+/m0/s1. The van der Waals surface area contributed by atoms with Crippen LogP contribution in [0.4, 0.5) is 5.82 Å². The predicted octanol–water partition coefficient (Wildman–Crippen LogP) is 3.28. The van der Waals surface area contributed by atoms with Crippen LogP contribution in [0.15, 0.2) is 30.5 Å².